The molecule has 9 nitrogen and oxygen atoms in total. The lowest BCUT2D eigenvalue weighted by atomic mass is 10.0. The fourth-order valence-electron chi connectivity index (χ4n) is 5.19. The van der Waals surface area contributed by atoms with Crippen LogP contribution in [0.2, 0.25) is 0 Å². The predicted molar refractivity (Wildman–Crippen MR) is 153 cm³/mol. The standard InChI is InChI=1S/C29H36N8O/c1-21(13-22(16-30-2)19-36-9-3-4-10-36)24-5-6-27-26(15-24)28(35-34-27)29(38)33-25-14-23(17-32-18-25)20-37-11-7-31-8-12-37/h5-6,13-18,31H,2-4,7-12,19-20H2,1H3,(H,33,38)(H,34,35)/b21-13+,22-16+. The highest BCUT2D eigenvalue weighted by molar-refractivity contribution is 6.11. The van der Waals surface area contributed by atoms with Crippen molar-refractivity contribution in [2.75, 3.05) is 51.1 Å². The summed E-state index contributed by atoms with van der Waals surface area (Å²) in [5, 5.41) is 14.5. The lowest BCUT2D eigenvalue weighted by Gasteiger charge is -2.27. The molecule has 4 heterocycles. The first kappa shape index (κ1) is 26.0. The van der Waals surface area contributed by atoms with Crippen molar-refractivity contribution in [2.45, 2.75) is 26.3 Å². The summed E-state index contributed by atoms with van der Waals surface area (Å²) in [7, 11) is 0. The number of aliphatic imine (C=N–C) groups is 1. The Labute approximate surface area is 223 Å². The molecule has 5 rings (SSSR count). The van der Waals surface area contributed by atoms with Gasteiger partial charge >= 0.3 is 0 Å². The maximum Gasteiger partial charge on any atom is 0.276 e. The Morgan fingerprint density at radius 1 is 1.13 bits per heavy atom. The lowest BCUT2D eigenvalue weighted by molar-refractivity contribution is 0.102. The van der Waals surface area contributed by atoms with Gasteiger partial charge in [0.05, 0.1) is 17.4 Å². The van der Waals surface area contributed by atoms with Crippen LogP contribution in [0.15, 0.2) is 59.5 Å². The molecule has 1 amide bonds. The van der Waals surface area contributed by atoms with Gasteiger partial charge in [-0.2, -0.15) is 5.10 Å². The van der Waals surface area contributed by atoms with Crippen LogP contribution >= 0.6 is 0 Å². The number of pyridine rings is 1. The maximum atomic E-state index is 13.2. The molecule has 2 aliphatic rings. The first-order valence-electron chi connectivity index (χ1n) is 13.3. The molecule has 0 aliphatic carbocycles. The van der Waals surface area contributed by atoms with E-state index in [1.165, 1.54) is 12.8 Å². The fraction of sp³-hybridized carbons (Fsp3) is 0.379. The molecule has 0 radical (unpaired) electrons. The van der Waals surface area contributed by atoms with Crippen molar-refractivity contribution in [1.29, 1.82) is 0 Å². The van der Waals surface area contributed by atoms with Gasteiger partial charge in [0.25, 0.3) is 5.91 Å². The number of piperazine rings is 1. The van der Waals surface area contributed by atoms with Crippen LogP contribution < -0.4 is 10.6 Å². The third-order valence-corrected chi connectivity index (χ3v) is 7.17. The molecule has 198 valence electrons. The molecular weight excluding hydrogens is 476 g/mol. The molecule has 1 aromatic carbocycles. The minimum absolute atomic E-state index is 0.262. The molecular formula is C29H36N8O. The number of benzene rings is 1. The number of hydrogen-bond acceptors (Lipinski definition) is 7. The fourth-order valence-corrected chi connectivity index (χ4v) is 5.19. The topological polar surface area (TPSA) is 102 Å². The Morgan fingerprint density at radius 3 is 2.74 bits per heavy atom. The molecule has 2 fully saturated rings. The molecule has 3 N–H and O–H groups in total. The molecule has 2 aromatic heterocycles. The molecule has 0 unspecified atom stereocenters. The number of rotatable bonds is 9. The number of nitrogens with one attached hydrogen (secondary N) is 3. The predicted octanol–water partition coefficient (Wildman–Crippen LogP) is 3.70. The first-order chi connectivity index (χ1) is 18.6. The zero-order valence-electron chi connectivity index (χ0n) is 22.0. The van der Waals surface area contributed by atoms with Gasteiger partial charge in [-0.05, 0) is 80.0 Å². The van der Waals surface area contributed by atoms with Crippen molar-refractivity contribution in [1.82, 2.24) is 30.3 Å². The summed E-state index contributed by atoms with van der Waals surface area (Å²) in [5.41, 5.74) is 6.17. The van der Waals surface area contributed by atoms with Crippen LogP contribution in [0.1, 0.15) is 41.4 Å². The Hall–Kier alpha value is -3.66. The van der Waals surface area contributed by atoms with E-state index in [0.29, 0.717) is 11.4 Å². The molecule has 0 bridgehead atoms. The monoisotopic (exact) mass is 512 g/mol. The second-order valence-electron chi connectivity index (χ2n) is 10.1. The molecule has 2 saturated heterocycles. The Kier molecular flexibility index (Phi) is 8.37. The number of fused-ring (bicyclic) bond motifs is 1. The summed E-state index contributed by atoms with van der Waals surface area (Å²) < 4.78 is 0. The van der Waals surface area contributed by atoms with Gasteiger partial charge in [0.15, 0.2) is 5.69 Å². The van der Waals surface area contributed by atoms with Crippen LogP contribution in [0.5, 0.6) is 0 Å². The van der Waals surface area contributed by atoms with Gasteiger partial charge in [0, 0.05) is 57.1 Å². The van der Waals surface area contributed by atoms with E-state index in [-0.39, 0.29) is 5.91 Å². The summed E-state index contributed by atoms with van der Waals surface area (Å²) in [6, 6.07) is 8.03. The van der Waals surface area contributed by atoms with Crippen molar-refractivity contribution in [3.8, 4) is 0 Å². The highest BCUT2D eigenvalue weighted by atomic mass is 16.1. The van der Waals surface area contributed by atoms with E-state index in [1.54, 1.807) is 6.20 Å². The number of aromatic nitrogens is 3. The number of carbonyl (C=O) groups excluding carboxylic acids is 1. The van der Waals surface area contributed by atoms with Gasteiger partial charge in [-0.25, -0.2) is 0 Å². The summed E-state index contributed by atoms with van der Waals surface area (Å²) in [6.07, 6.45) is 10.0. The van der Waals surface area contributed by atoms with E-state index in [0.717, 1.165) is 85.5 Å². The molecule has 0 atom stereocenters. The second kappa shape index (κ2) is 12.3. The van der Waals surface area contributed by atoms with Crippen LogP contribution in [0, 0.1) is 0 Å². The molecule has 3 aromatic rings. The lowest BCUT2D eigenvalue weighted by Crippen LogP contribution is -2.42. The average Bonchev–Trinajstić information content (AvgIpc) is 3.59. The van der Waals surface area contributed by atoms with Crippen LogP contribution in [0.25, 0.3) is 16.5 Å². The Bertz CT molecular complexity index is 1350. The van der Waals surface area contributed by atoms with E-state index in [2.05, 4.69) is 60.3 Å². The number of allylic oxidation sites excluding steroid dienone is 1. The normalized spacial score (nSPS) is 17.7. The molecule has 9 heteroatoms. The van der Waals surface area contributed by atoms with Gasteiger partial charge in [-0.3, -0.25) is 29.7 Å². The molecule has 0 spiro atoms. The third kappa shape index (κ3) is 6.42. The summed E-state index contributed by atoms with van der Waals surface area (Å²) in [4.78, 5) is 26.4. The van der Waals surface area contributed by atoms with Crippen molar-refractivity contribution in [3.05, 3.63) is 71.3 Å². The third-order valence-electron chi connectivity index (χ3n) is 7.17. The number of aromatic amines is 1. The van der Waals surface area contributed by atoms with Crippen molar-refractivity contribution >= 4 is 34.8 Å². The molecule has 38 heavy (non-hydrogen) atoms. The summed E-state index contributed by atoms with van der Waals surface area (Å²) in [6.45, 7) is 13.6. The highest BCUT2D eigenvalue weighted by Gasteiger charge is 2.17. The summed E-state index contributed by atoms with van der Waals surface area (Å²) >= 11 is 0. The minimum Gasteiger partial charge on any atom is -0.319 e. The largest absolute Gasteiger partial charge is 0.319 e. The number of hydrogen-bond donors (Lipinski definition) is 3. The van der Waals surface area contributed by atoms with Crippen LogP contribution in [0.3, 0.4) is 0 Å². The number of H-pyrrole nitrogens is 1. The first-order valence-corrected chi connectivity index (χ1v) is 13.3. The van der Waals surface area contributed by atoms with E-state index in [1.807, 2.05) is 36.7 Å². The van der Waals surface area contributed by atoms with Gasteiger partial charge in [0.1, 0.15) is 0 Å². The zero-order chi connectivity index (χ0) is 26.3. The minimum atomic E-state index is -0.262. The number of nitrogens with zero attached hydrogens (tertiary/aromatic N) is 5. The van der Waals surface area contributed by atoms with Crippen molar-refractivity contribution in [2.24, 2.45) is 4.99 Å². The number of carbonyl (C=O) groups is 1. The van der Waals surface area contributed by atoms with Crippen molar-refractivity contribution < 1.29 is 4.79 Å². The van der Waals surface area contributed by atoms with E-state index < -0.39 is 0 Å². The van der Waals surface area contributed by atoms with Crippen LogP contribution in [0.4, 0.5) is 5.69 Å². The highest BCUT2D eigenvalue weighted by Crippen LogP contribution is 2.25. The Balaban J connectivity index is 1.32. The smallest absolute Gasteiger partial charge is 0.276 e. The summed E-state index contributed by atoms with van der Waals surface area (Å²) in [5.74, 6) is -0.262. The van der Waals surface area contributed by atoms with Gasteiger partial charge in [-0.15, -0.1) is 0 Å². The second-order valence-corrected chi connectivity index (χ2v) is 10.1. The van der Waals surface area contributed by atoms with Gasteiger partial charge < -0.3 is 10.6 Å². The quantitative estimate of drug-likeness (QED) is 0.299. The molecule has 0 saturated carbocycles. The SMILES string of the molecule is C=N/C=C(\C=C(/C)c1ccc2[nH]nc(C(=O)Nc3cncc(CN4CCNCC4)c3)c2c1)CN1CCCC1. The van der Waals surface area contributed by atoms with Crippen molar-refractivity contribution in [3.63, 3.8) is 0 Å². The Morgan fingerprint density at radius 2 is 1.95 bits per heavy atom. The van der Waals surface area contributed by atoms with Crippen LogP contribution in [-0.2, 0) is 6.54 Å². The van der Waals surface area contributed by atoms with E-state index >= 15 is 0 Å². The zero-order valence-corrected chi connectivity index (χ0v) is 22.0. The number of amides is 1. The van der Waals surface area contributed by atoms with Crippen LogP contribution in [-0.4, -0.2) is 83.4 Å². The van der Waals surface area contributed by atoms with Gasteiger partial charge in [0.2, 0.25) is 0 Å². The van der Waals surface area contributed by atoms with Gasteiger partial charge in [-0.1, -0.05) is 12.1 Å². The average molecular weight is 513 g/mol. The van der Waals surface area contributed by atoms with E-state index in [9.17, 15) is 4.79 Å². The maximum absolute atomic E-state index is 13.2. The number of anilines is 1. The van der Waals surface area contributed by atoms with E-state index in [4.69, 9.17) is 0 Å². The number of likely N-dealkylation sites (tertiary alicyclic amines) is 1. The molecule has 2 aliphatic heterocycles.